The molecule has 158 valence electrons. The van der Waals surface area contributed by atoms with Gasteiger partial charge in [-0.2, -0.15) is 11.8 Å². The normalized spacial score (nSPS) is 22.2. The summed E-state index contributed by atoms with van der Waals surface area (Å²) in [6.07, 6.45) is 7.84. The van der Waals surface area contributed by atoms with Crippen molar-refractivity contribution in [2.24, 2.45) is 4.99 Å². The van der Waals surface area contributed by atoms with E-state index >= 15 is 0 Å². The molecule has 0 radical (unpaired) electrons. The van der Waals surface area contributed by atoms with Crippen LogP contribution >= 0.6 is 11.8 Å². The number of hydrogen-bond donors (Lipinski definition) is 2. The number of thioether (sulfide) groups is 1. The lowest BCUT2D eigenvalue weighted by Gasteiger charge is -2.43. The highest BCUT2D eigenvalue weighted by molar-refractivity contribution is 7.99. The van der Waals surface area contributed by atoms with Crippen LogP contribution in [-0.4, -0.2) is 85.2 Å². The molecule has 5 nitrogen and oxygen atoms in total. The van der Waals surface area contributed by atoms with Gasteiger partial charge < -0.3 is 15.5 Å². The minimum atomic E-state index is 0.352. The Morgan fingerprint density at radius 1 is 1.19 bits per heavy atom. The standard InChI is InChI=1S/C21H43N5S/c1-5-25(6-2)13-9-10-19(3)24-20(22-4)23-18-21(11-7-8-12-21)26-14-16-27-17-15-26/h19H,5-18H2,1-4H3,(H2,22,23,24). The summed E-state index contributed by atoms with van der Waals surface area (Å²) in [5.41, 5.74) is 0.352. The van der Waals surface area contributed by atoms with Gasteiger partial charge in [-0.15, -0.1) is 0 Å². The van der Waals surface area contributed by atoms with E-state index in [9.17, 15) is 0 Å². The molecule has 0 aromatic heterocycles. The highest BCUT2D eigenvalue weighted by Gasteiger charge is 2.39. The Morgan fingerprint density at radius 3 is 2.44 bits per heavy atom. The van der Waals surface area contributed by atoms with Crippen LogP contribution in [0.2, 0.25) is 0 Å². The molecule has 0 aromatic carbocycles. The van der Waals surface area contributed by atoms with Crippen molar-refractivity contribution in [3.8, 4) is 0 Å². The Kier molecular flexibility index (Phi) is 10.3. The number of rotatable bonds is 10. The summed E-state index contributed by atoms with van der Waals surface area (Å²) in [5, 5.41) is 7.30. The van der Waals surface area contributed by atoms with Crippen molar-refractivity contribution in [1.82, 2.24) is 20.4 Å². The highest BCUT2D eigenvalue weighted by Crippen LogP contribution is 2.36. The fourth-order valence-electron chi connectivity index (χ4n) is 4.58. The zero-order valence-electron chi connectivity index (χ0n) is 18.2. The molecule has 2 fully saturated rings. The Labute approximate surface area is 172 Å². The number of hydrogen-bond acceptors (Lipinski definition) is 4. The monoisotopic (exact) mass is 397 g/mol. The molecule has 1 saturated carbocycles. The first-order valence-electron chi connectivity index (χ1n) is 11.2. The van der Waals surface area contributed by atoms with Crippen molar-refractivity contribution in [3.05, 3.63) is 0 Å². The molecule has 2 aliphatic rings. The molecule has 2 rings (SSSR count). The van der Waals surface area contributed by atoms with E-state index in [1.165, 1.54) is 69.7 Å². The van der Waals surface area contributed by atoms with Gasteiger partial charge in [-0.05, 0) is 52.2 Å². The molecule has 0 aromatic rings. The minimum absolute atomic E-state index is 0.352. The van der Waals surface area contributed by atoms with Gasteiger partial charge in [-0.25, -0.2) is 0 Å². The number of nitrogens with zero attached hydrogens (tertiary/aromatic N) is 3. The second kappa shape index (κ2) is 12.2. The average Bonchev–Trinajstić information content (AvgIpc) is 3.19. The van der Waals surface area contributed by atoms with E-state index in [1.54, 1.807) is 0 Å². The van der Waals surface area contributed by atoms with Gasteiger partial charge in [-0.1, -0.05) is 26.7 Å². The zero-order chi connectivity index (χ0) is 19.5. The van der Waals surface area contributed by atoms with Gasteiger partial charge in [-0.3, -0.25) is 9.89 Å². The van der Waals surface area contributed by atoms with Crippen LogP contribution in [0.4, 0.5) is 0 Å². The molecule has 6 heteroatoms. The fourth-order valence-corrected chi connectivity index (χ4v) is 5.49. The van der Waals surface area contributed by atoms with Gasteiger partial charge in [0.15, 0.2) is 5.96 Å². The van der Waals surface area contributed by atoms with E-state index in [1.807, 2.05) is 7.05 Å². The lowest BCUT2D eigenvalue weighted by molar-refractivity contribution is 0.107. The van der Waals surface area contributed by atoms with Crippen molar-refractivity contribution in [2.45, 2.75) is 70.9 Å². The molecule has 1 heterocycles. The fraction of sp³-hybridized carbons (Fsp3) is 0.952. The van der Waals surface area contributed by atoms with Gasteiger partial charge in [0.2, 0.25) is 0 Å². The van der Waals surface area contributed by atoms with Crippen molar-refractivity contribution in [1.29, 1.82) is 0 Å². The van der Waals surface area contributed by atoms with Crippen LogP contribution in [-0.2, 0) is 0 Å². The van der Waals surface area contributed by atoms with Crippen LogP contribution in [0, 0.1) is 0 Å². The Hall–Kier alpha value is -0.460. The molecule has 1 atom stereocenters. The Morgan fingerprint density at radius 2 is 1.85 bits per heavy atom. The molecular formula is C21H43N5S. The topological polar surface area (TPSA) is 42.9 Å². The molecule has 2 N–H and O–H groups in total. The summed E-state index contributed by atoms with van der Waals surface area (Å²) in [6.45, 7) is 13.8. The van der Waals surface area contributed by atoms with E-state index in [4.69, 9.17) is 0 Å². The molecule has 1 aliphatic carbocycles. The van der Waals surface area contributed by atoms with Crippen LogP contribution in [0.5, 0.6) is 0 Å². The van der Waals surface area contributed by atoms with Gasteiger partial charge in [0, 0.05) is 49.8 Å². The predicted molar refractivity (Wildman–Crippen MR) is 121 cm³/mol. The van der Waals surface area contributed by atoms with Crippen LogP contribution in [0.25, 0.3) is 0 Å². The third kappa shape index (κ3) is 7.13. The first-order valence-corrected chi connectivity index (χ1v) is 12.3. The summed E-state index contributed by atoms with van der Waals surface area (Å²) in [4.78, 5) is 9.77. The Balaban J connectivity index is 1.78. The third-order valence-corrected chi connectivity index (χ3v) is 7.36. The van der Waals surface area contributed by atoms with Gasteiger partial charge in [0.1, 0.15) is 0 Å². The van der Waals surface area contributed by atoms with E-state index < -0.39 is 0 Å². The predicted octanol–water partition coefficient (Wildman–Crippen LogP) is 3.02. The largest absolute Gasteiger partial charge is 0.355 e. The molecule has 1 saturated heterocycles. The summed E-state index contributed by atoms with van der Waals surface area (Å²) < 4.78 is 0. The Bertz CT molecular complexity index is 426. The molecule has 1 aliphatic heterocycles. The lowest BCUT2D eigenvalue weighted by atomic mass is 9.94. The summed E-state index contributed by atoms with van der Waals surface area (Å²) in [5.74, 6) is 3.55. The van der Waals surface area contributed by atoms with E-state index in [2.05, 4.69) is 58.0 Å². The van der Waals surface area contributed by atoms with Crippen molar-refractivity contribution < 1.29 is 0 Å². The maximum absolute atomic E-state index is 4.50. The van der Waals surface area contributed by atoms with Gasteiger partial charge >= 0.3 is 0 Å². The van der Waals surface area contributed by atoms with Crippen molar-refractivity contribution >= 4 is 17.7 Å². The highest BCUT2D eigenvalue weighted by atomic mass is 32.2. The van der Waals surface area contributed by atoms with Gasteiger partial charge in [0.05, 0.1) is 0 Å². The SMILES string of the molecule is CCN(CC)CCCC(C)NC(=NC)NCC1(N2CCSCC2)CCCC1. The van der Waals surface area contributed by atoms with E-state index in [-0.39, 0.29) is 0 Å². The number of aliphatic imine (C=N–C) groups is 1. The smallest absolute Gasteiger partial charge is 0.191 e. The average molecular weight is 398 g/mol. The lowest BCUT2D eigenvalue weighted by Crippen LogP contribution is -2.58. The summed E-state index contributed by atoms with van der Waals surface area (Å²) >= 11 is 2.10. The maximum Gasteiger partial charge on any atom is 0.191 e. The van der Waals surface area contributed by atoms with Gasteiger partial charge in [0.25, 0.3) is 0 Å². The minimum Gasteiger partial charge on any atom is -0.355 e. The van der Waals surface area contributed by atoms with Crippen LogP contribution in [0.15, 0.2) is 4.99 Å². The third-order valence-electron chi connectivity index (χ3n) is 6.41. The second-order valence-electron chi connectivity index (χ2n) is 8.17. The van der Waals surface area contributed by atoms with Crippen molar-refractivity contribution in [3.63, 3.8) is 0 Å². The number of guanidine groups is 1. The first-order chi connectivity index (χ1) is 13.1. The molecular weight excluding hydrogens is 354 g/mol. The zero-order valence-corrected chi connectivity index (χ0v) is 19.0. The van der Waals surface area contributed by atoms with Crippen LogP contribution in [0.1, 0.15) is 59.3 Å². The number of nitrogens with one attached hydrogen (secondary N) is 2. The molecule has 27 heavy (non-hydrogen) atoms. The summed E-state index contributed by atoms with van der Waals surface area (Å²) in [7, 11) is 1.90. The molecule has 1 unspecified atom stereocenters. The first kappa shape index (κ1) is 22.8. The van der Waals surface area contributed by atoms with E-state index in [0.717, 1.165) is 25.6 Å². The van der Waals surface area contributed by atoms with Crippen LogP contribution < -0.4 is 10.6 Å². The molecule has 0 spiro atoms. The quantitative estimate of drug-likeness (QED) is 0.438. The van der Waals surface area contributed by atoms with E-state index in [0.29, 0.717) is 11.6 Å². The van der Waals surface area contributed by atoms with Crippen LogP contribution in [0.3, 0.4) is 0 Å². The maximum atomic E-state index is 4.50. The second-order valence-corrected chi connectivity index (χ2v) is 9.40. The van der Waals surface area contributed by atoms with Crippen molar-refractivity contribution in [2.75, 3.05) is 57.8 Å². The molecule has 0 bridgehead atoms. The molecule has 0 amide bonds. The summed E-state index contributed by atoms with van der Waals surface area (Å²) in [6, 6.07) is 0.456.